The van der Waals surface area contributed by atoms with Crippen molar-refractivity contribution in [3.63, 3.8) is 0 Å². The van der Waals surface area contributed by atoms with Crippen LogP contribution in [0, 0.1) is 0 Å². The molecule has 0 spiro atoms. The van der Waals surface area contributed by atoms with Gasteiger partial charge in [0.15, 0.2) is 5.82 Å². The van der Waals surface area contributed by atoms with Gasteiger partial charge in [0.25, 0.3) is 5.91 Å². The van der Waals surface area contributed by atoms with E-state index >= 15 is 0 Å². The summed E-state index contributed by atoms with van der Waals surface area (Å²) in [5.74, 6) is -0.301. The van der Waals surface area contributed by atoms with Gasteiger partial charge in [-0.3, -0.25) is 9.59 Å². The van der Waals surface area contributed by atoms with Crippen LogP contribution in [0.2, 0.25) is 0 Å². The predicted molar refractivity (Wildman–Crippen MR) is 129 cm³/mol. The van der Waals surface area contributed by atoms with Gasteiger partial charge in [0.05, 0.1) is 4.88 Å². The van der Waals surface area contributed by atoms with Crippen LogP contribution in [-0.2, 0) is 11.2 Å². The number of hydrogen-bond acceptors (Lipinski definition) is 5. The highest BCUT2D eigenvalue weighted by atomic mass is 32.1. The number of amides is 2. The number of carbonyl (C=O) groups is 2. The Balaban J connectivity index is 1.70. The molecule has 2 amide bonds. The molecule has 3 aromatic rings. The van der Waals surface area contributed by atoms with E-state index in [0.29, 0.717) is 17.1 Å². The lowest BCUT2D eigenvalue weighted by molar-refractivity contribution is -0.119. The number of hydrogen-bond donors (Lipinski definition) is 2. The molecular formula is C25H24N4O2S. The van der Waals surface area contributed by atoms with Crippen LogP contribution in [0.15, 0.2) is 85.1 Å². The lowest BCUT2D eigenvalue weighted by Crippen LogP contribution is -2.45. The van der Waals surface area contributed by atoms with Crippen molar-refractivity contribution in [1.29, 1.82) is 0 Å². The number of allylic oxidation sites excluding steroid dienone is 5. The smallest absolute Gasteiger partial charge is 0.262 e. The molecule has 0 aliphatic heterocycles. The number of nitrogens with one attached hydrogen (secondary N) is 1. The Morgan fingerprint density at radius 3 is 2.47 bits per heavy atom. The maximum atomic E-state index is 12.3. The van der Waals surface area contributed by atoms with Gasteiger partial charge in [-0.25, -0.2) is 9.97 Å². The van der Waals surface area contributed by atoms with Gasteiger partial charge in [-0.05, 0) is 29.5 Å². The van der Waals surface area contributed by atoms with E-state index in [9.17, 15) is 9.59 Å². The molecule has 1 atom stereocenters. The number of carbonyl (C=O) groups excluding carboxylic acids is 2. The lowest BCUT2D eigenvalue weighted by atomic mass is 10.0. The van der Waals surface area contributed by atoms with E-state index in [1.165, 1.54) is 11.3 Å². The summed E-state index contributed by atoms with van der Waals surface area (Å²) in [4.78, 5) is 33.6. The van der Waals surface area contributed by atoms with Crippen LogP contribution in [0.1, 0.15) is 27.7 Å². The Hall–Kier alpha value is -3.84. The molecule has 2 aromatic heterocycles. The fourth-order valence-corrected chi connectivity index (χ4v) is 3.62. The van der Waals surface area contributed by atoms with Gasteiger partial charge in [0.1, 0.15) is 6.04 Å². The van der Waals surface area contributed by atoms with Gasteiger partial charge in [0.2, 0.25) is 5.91 Å². The highest BCUT2D eigenvalue weighted by molar-refractivity contribution is 7.12. The zero-order valence-electron chi connectivity index (χ0n) is 17.7. The van der Waals surface area contributed by atoms with Crippen molar-refractivity contribution in [3.8, 4) is 11.4 Å². The van der Waals surface area contributed by atoms with E-state index in [4.69, 9.17) is 5.73 Å². The second-order valence-electron chi connectivity index (χ2n) is 6.95. The topological polar surface area (TPSA) is 98.0 Å². The highest BCUT2D eigenvalue weighted by Gasteiger charge is 2.20. The average Bonchev–Trinajstić information content (AvgIpc) is 3.35. The van der Waals surface area contributed by atoms with Gasteiger partial charge >= 0.3 is 0 Å². The van der Waals surface area contributed by atoms with Crippen molar-refractivity contribution in [3.05, 3.63) is 101 Å². The Labute approximate surface area is 191 Å². The molecule has 0 saturated carbocycles. The quantitative estimate of drug-likeness (QED) is 0.484. The van der Waals surface area contributed by atoms with Crippen LogP contribution in [0.5, 0.6) is 0 Å². The van der Waals surface area contributed by atoms with E-state index in [-0.39, 0.29) is 5.91 Å². The fourth-order valence-electron chi connectivity index (χ4n) is 2.99. The van der Waals surface area contributed by atoms with Crippen molar-refractivity contribution < 1.29 is 9.59 Å². The van der Waals surface area contributed by atoms with Gasteiger partial charge < -0.3 is 11.1 Å². The molecular weight excluding hydrogens is 420 g/mol. The van der Waals surface area contributed by atoms with E-state index in [1.54, 1.807) is 36.0 Å². The van der Waals surface area contributed by atoms with Crippen molar-refractivity contribution in [1.82, 2.24) is 15.3 Å². The summed E-state index contributed by atoms with van der Waals surface area (Å²) < 4.78 is 0. The van der Waals surface area contributed by atoms with Gasteiger partial charge in [-0.15, -0.1) is 11.3 Å². The maximum Gasteiger partial charge on any atom is 0.262 e. The molecule has 0 aliphatic rings. The fraction of sp³-hybridized carbons (Fsp3) is 0.120. The van der Waals surface area contributed by atoms with Crippen molar-refractivity contribution in [2.75, 3.05) is 0 Å². The molecule has 0 bridgehead atoms. The number of benzene rings is 1. The maximum absolute atomic E-state index is 12.3. The molecule has 3 N–H and O–H groups in total. The third-order valence-corrected chi connectivity index (χ3v) is 5.59. The third kappa shape index (κ3) is 5.86. The molecule has 0 aliphatic carbocycles. The molecule has 3 rings (SSSR count). The molecule has 0 fully saturated rings. The first-order valence-corrected chi connectivity index (χ1v) is 10.9. The normalized spacial score (nSPS) is 12.5. The first-order valence-electron chi connectivity index (χ1n) is 10.0. The van der Waals surface area contributed by atoms with Gasteiger partial charge in [-0.1, -0.05) is 61.2 Å². The van der Waals surface area contributed by atoms with Crippen LogP contribution in [0.3, 0.4) is 0 Å². The van der Waals surface area contributed by atoms with E-state index in [2.05, 4.69) is 21.9 Å². The van der Waals surface area contributed by atoms with Crippen LogP contribution in [0.25, 0.3) is 17.0 Å². The third-order valence-electron chi connectivity index (χ3n) is 4.72. The molecule has 2 heterocycles. The summed E-state index contributed by atoms with van der Waals surface area (Å²) in [5, 5.41) is 4.51. The Morgan fingerprint density at radius 2 is 1.91 bits per heavy atom. The average molecular weight is 445 g/mol. The number of nitrogens with two attached hydrogens (primary N) is 1. The number of rotatable bonds is 9. The largest absolute Gasteiger partial charge is 0.368 e. The van der Waals surface area contributed by atoms with E-state index in [1.807, 2.05) is 49.4 Å². The van der Waals surface area contributed by atoms with Gasteiger partial charge in [0, 0.05) is 29.9 Å². The second kappa shape index (κ2) is 11.0. The molecule has 6 nitrogen and oxygen atoms in total. The van der Waals surface area contributed by atoms with Crippen molar-refractivity contribution >= 4 is 28.7 Å². The number of primary amides is 1. The molecule has 7 heteroatoms. The first-order chi connectivity index (χ1) is 15.5. The first kappa shape index (κ1) is 22.8. The monoisotopic (exact) mass is 444 g/mol. The van der Waals surface area contributed by atoms with E-state index < -0.39 is 11.9 Å². The predicted octanol–water partition coefficient (Wildman–Crippen LogP) is 4.18. The summed E-state index contributed by atoms with van der Waals surface area (Å²) in [6.45, 7) is 5.78. The summed E-state index contributed by atoms with van der Waals surface area (Å²) in [6, 6.07) is 10.2. The summed E-state index contributed by atoms with van der Waals surface area (Å²) >= 11 is 1.31. The minimum absolute atomic E-state index is 0.297. The summed E-state index contributed by atoms with van der Waals surface area (Å²) in [6.07, 6.45) is 11.4. The zero-order chi connectivity index (χ0) is 22.9. The van der Waals surface area contributed by atoms with Crippen molar-refractivity contribution in [2.24, 2.45) is 5.73 Å². The van der Waals surface area contributed by atoms with Crippen LogP contribution < -0.4 is 11.1 Å². The highest BCUT2D eigenvalue weighted by Crippen LogP contribution is 2.19. The SMILES string of the molecule is C=C/C(=C\C=C/C)c1cnc(-c2ccc(CC(NC(=O)c3cccs3)C(N)=O)cc2)nc1. The van der Waals surface area contributed by atoms with Crippen LogP contribution >= 0.6 is 11.3 Å². The molecule has 0 radical (unpaired) electrons. The minimum Gasteiger partial charge on any atom is -0.368 e. The zero-order valence-corrected chi connectivity index (χ0v) is 18.5. The lowest BCUT2D eigenvalue weighted by Gasteiger charge is -2.15. The Morgan fingerprint density at radius 1 is 1.19 bits per heavy atom. The number of aromatic nitrogens is 2. The summed E-state index contributed by atoms with van der Waals surface area (Å²) in [7, 11) is 0. The van der Waals surface area contributed by atoms with Crippen LogP contribution in [0.4, 0.5) is 0 Å². The molecule has 1 aromatic carbocycles. The second-order valence-corrected chi connectivity index (χ2v) is 7.90. The number of thiophene rings is 1. The molecule has 162 valence electrons. The van der Waals surface area contributed by atoms with Crippen LogP contribution in [-0.4, -0.2) is 27.8 Å². The van der Waals surface area contributed by atoms with E-state index in [0.717, 1.165) is 22.3 Å². The molecule has 0 saturated heterocycles. The Bertz CT molecular complexity index is 1130. The molecule has 32 heavy (non-hydrogen) atoms. The number of nitrogens with zero attached hydrogens (tertiary/aromatic N) is 2. The van der Waals surface area contributed by atoms with Crippen molar-refractivity contribution in [2.45, 2.75) is 19.4 Å². The minimum atomic E-state index is -0.799. The standard InChI is InChI=1S/C25H24N4O2S/c1-3-5-7-18(4-2)20-15-27-24(28-16-20)19-11-9-17(10-12-19)14-21(23(26)30)29-25(31)22-8-6-13-32-22/h3-13,15-16,21H,2,14H2,1H3,(H2,26,30)(H,29,31)/b5-3-,18-7+. The Kier molecular flexibility index (Phi) is 7.83. The van der Waals surface area contributed by atoms with Gasteiger partial charge in [-0.2, -0.15) is 0 Å². The molecule has 1 unspecified atom stereocenters. The summed E-state index contributed by atoms with van der Waals surface area (Å²) in [5.41, 5.74) is 9.03.